The predicted octanol–water partition coefficient (Wildman–Crippen LogP) is 3.20. The first-order chi connectivity index (χ1) is 9.55. The molecule has 1 amide bonds. The molecule has 1 aliphatic heterocycles. The van der Waals surface area contributed by atoms with Crippen molar-refractivity contribution in [2.24, 2.45) is 5.92 Å². The van der Waals surface area contributed by atoms with E-state index in [0.717, 1.165) is 32.1 Å². The van der Waals surface area contributed by atoms with E-state index >= 15 is 0 Å². The Hall–Kier alpha value is -1.06. The molecule has 1 saturated carbocycles. The summed E-state index contributed by atoms with van der Waals surface area (Å²) < 4.78 is 0. The standard InChI is InChI=1S/C16H27NO3/c1-16(15(19)20)11-8-12-17(16)14(18)13-9-6-4-2-3-5-7-10-13/h13H,2-12H2,1H3,(H,19,20). The third kappa shape index (κ3) is 3.15. The van der Waals surface area contributed by atoms with Gasteiger partial charge < -0.3 is 10.0 Å². The van der Waals surface area contributed by atoms with Crippen LogP contribution >= 0.6 is 0 Å². The number of aliphatic carboxylic acids is 1. The van der Waals surface area contributed by atoms with Crippen molar-refractivity contribution < 1.29 is 14.7 Å². The van der Waals surface area contributed by atoms with Gasteiger partial charge in [-0.2, -0.15) is 0 Å². The van der Waals surface area contributed by atoms with Crippen molar-refractivity contribution in [2.45, 2.75) is 76.7 Å². The van der Waals surface area contributed by atoms with Gasteiger partial charge in [-0.15, -0.1) is 0 Å². The third-order valence-corrected chi connectivity index (χ3v) is 5.07. The van der Waals surface area contributed by atoms with E-state index in [-0.39, 0.29) is 11.8 Å². The van der Waals surface area contributed by atoms with E-state index in [0.29, 0.717) is 13.0 Å². The van der Waals surface area contributed by atoms with E-state index in [1.807, 2.05) is 0 Å². The van der Waals surface area contributed by atoms with Crippen molar-refractivity contribution in [3.05, 3.63) is 0 Å². The summed E-state index contributed by atoms with van der Waals surface area (Å²) in [7, 11) is 0. The summed E-state index contributed by atoms with van der Waals surface area (Å²) >= 11 is 0. The Bertz CT molecular complexity index is 359. The molecule has 1 heterocycles. The van der Waals surface area contributed by atoms with Crippen LogP contribution in [-0.2, 0) is 9.59 Å². The molecular weight excluding hydrogens is 254 g/mol. The van der Waals surface area contributed by atoms with Crippen LogP contribution in [0.5, 0.6) is 0 Å². The summed E-state index contributed by atoms with van der Waals surface area (Å²) in [6.45, 7) is 2.31. The summed E-state index contributed by atoms with van der Waals surface area (Å²) in [6, 6.07) is 0. The highest BCUT2D eigenvalue weighted by atomic mass is 16.4. The second-order valence-corrected chi connectivity index (χ2v) is 6.57. The van der Waals surface area contributed by atoms with Gasteiger partial charge in [0, 0.05) is 12.5 Å². The van der Waals surface area contributed by atoms with Gasteiger partial charge in [-0.05, 0) is 32.6 Å². The van der Waals surface area contributed by atoms with Crippen LogP contribution in [0.4, 0.5) is 0 Å². The molecule has 2 fully saturated rings. The molecule has 1 N–H and O–H groups in total. The lowest BCUT2D eigenvalue weighted by atomic mass is 9.92. The maximum Gasteiger partial charge on any atom is 0.329 e. The number of carbonyl (C=O) groups is 2. The van der Waals surface area contributed by atoms with Gasteiger partial charge in [-0.1, -0.05) is 38.5 Å². The minimum absolute atomic E-state index is 0.0462. The molecule has 1 aliphatic carbocycles. The lowest BCUT2D eigenvalue weighted by Gasteiger charge is -2.34. The third-order valence-electron chi connectivity index (χ3n) is 5.07. The van der Waals surface area contributed by atoms with Gasteiger partial charge in [-0.3, -0.25) is 4.79 Å². The van der Waals surface area contributed by atoms with Crippen molar-refractivity contribution in [1.29, 1.82) is 0 Å². The van der Waals surface area contributed by atoms with Crippen LogP contribution < -0.4 is 0 Å². The van der Waals surface area contributed by atoms with E-state index in [1.165, 1.54) is 25.7 Å². The summed E-state index contributed by atoms with van der Waals surface area (Å²) in [5.74, 6) is -0.717. The minimum Gasteiger partial charge on any atom is -0.480 e. The Labute approximate surface area is 121 Å². The number of carbonyl (C=O) groups excluding carboxylic acids is 1. The van der Waals surface area contributed by atoms with Crippen LogP contribution in [0, 0.1) is 5.92 Å². The van der Waals surface area contributed by atoms with Crippen LogP contribution in [0.25, 0.3) is 0 Å². The first-order valence-corrected chi connectivity index (χ1v) is 8.10. The highest BCUT2D eigenvalue weighted by Gasteiger charge is 2.47. The van der Waals surface area contributed by atoms with Crippen molar-refractivity contribution in [3.63, 3.8) is 0 Å². The van der Waals surface area contributed by atoms with E-state index in [2.05, 4.69) is 0 Å². The molecular formula is C16H27NO3. The summed E-state index contributed by atoms with van der Waals surface area (Å²) in [4.78, 5) is 25.9. The average molecular weight is 281 g/mol. The molecule has 20 heavy (non-hydrogen) atoms. The number of nitrogens with zero attached hydrogens (tertiary/aromatic N) is 1. The molecule has 4 heteroatoms. The van der Waals surface area contributed by atoms with Crippen molar-refractivity contribution >= 4 is 11.9 Å². The molecule has 0 aromatic rings. The molecule has 4 nitrogen and oxygen atoms in total. The monoisotopic (exact) mass is 281 g/mol. The van der Waals surface area contributed by atoms with Crippen molar-refractivity contribution in [2.75, 3.05) is 6.54 Å². The van der Waals surface area contributed by atoms with E-state index in [4.69, 9.17) is 0 Å². The van der Waals surface area contributed by atoms with Gasteiger partial charge in [0.15, 0.2) is 0 Å². The number of hydrogen-bond acceptors (Lipinski definition) is 2. The average Bonchev–Trinajstić information content (AvgIpc) is 2.86. The number of hydrogen-bond donors (Lipinski definition) is 1. The molecule has 0 aromatic carbocycles. The fraction of sp³-hybridized carbons (Fsp3) is 0.875. The Kier molecular flexibility index (Phi) is 5.06. The molecule has 0 spiro atoms. The predicted molar refractivity (Wildman–Crippen MR) is 77.4 cm³/mol. The van der Waals surface area contributed by atoms with Gasteiger partial charge in [0.1, 0.15) is 5.54 Å². The van der Waals surface area contributed by atoms with E-state index in [9.17, 15) is 14.7 Å². The lowest BCUT2D eigenvalue weighted by molar-refractivity contribution is -0.157. The Morgan fingerprint density at radius 1 is 1.00 bits per heavy atom. The summed E-state index contributed by atoms with van der Waals surface area (Å²) in [6.07, 6.45) is 10.4. The second kappa shape index (κ2) is 6.59. The largest absolute Gasteiger partial charge is 0.480 e. The molecule has 0 radical (unpaired) electrons. The minimum atomic E-state index is -0.977. The maximum atomic E-state index is 12.8. The Morgan fingerprint density at radius 2 is 1.55 bits per heavy atom. The molecule has 0 bridgehead atoms. The fourth-order valence-electron chi connectivity index (χ4n) is 3.64. The van der Waals surface area contributed by atoms with Crippen molar-refractivity contribution in [1.82, 2.24) is 4.90 Å². The zero-order valence-electron chi connectivity index (χ0n) is 12.6. The number of likely N-dealkylation sites (tertiary alicyclic amines) is 1. The van der Waals surface area contributed by atoms with Gasteiger partial charge in [0.05, 0.1) is 0 Å². The first kappa shape index (κ1) is 15.3. The molecule has 1 atom stereocenters. The van der Waals surface area contributed by atoms with Crippen LogP contribution in [0.3, 0.4) is 0 Å². The van der Waals surface area contributed by atoms with Crippen molar-refractivity contribution in [3.8, 4) is 0 Å². The van der Waals surface area contributed by atoms with Crippen LogP contribution in [0.2, 0.25) is 0 Å². The number of amides is 1. The summed E-state index contributed by atoms with van der Waals surface area (Å²) in [5.41, 5.74) is -0.977. The zero-order chi connectivity index (χ0) is 14.6. The van der Waals surface area contributed by atoms with E-state index < -0.39 is 11.5 Å². The number of carboxylic acids is 1. The first-order valence-electron chi connectivity index (χ1n) is 8.10. The van der Waals surface area contributed by atoms with Gasteiger partial charge in [0.25, 0.3) is 0 Å². The molecule has 0 aromatic heterocycles. The SMILES string of the molecule is CC1(C(=O)O)CCCN1C(=O)C1CCCCCCCC1. The number of carboxylic acid groups (broad SMARTS) is 1. The maximum absolute atomic E-state index is 12.8. The quantitative estimate of drug-likeness (QED) is 0.845. The van der Waals surface area contributed by atoms with Crippen LogP contribution in [0.1, 0.15) is 71.1 Å². The Balaban J connectivity index is 2.06. The van der Waals surface area contributed by atoms with Crippen LogP contribution in [0.15, 0.2) is 0 Å². The van der Waals surface area contributed by atoms with E-state index in [1.54, 1.807) is 11.8 Å². The summed E-state index contributed by atoms with van der Waals surface area (Å²) in [5, 5.41) is 9.44. The lowest BCUT2D eigenvalue weighted by Crippen LogP contribution is -2.52. The highest BCUT2D eigenvalue weighted by Crippen LogP contribution is 2.33. The molecule has 1 unspecified atom stereocenters. The molecule has 114 valence electrons. The fourth-order valence-corrected chi connectivity index (χ4v) is 3.64. The molecule has 1 saturated heterocycles. The smallest absolute Gasteiger partial charge is 0.329 e. The molecule has 2 rings (SSSR count). The van der Waals surface area contributed by atoms with Gasteiger partial charge in [0.2, 0.25) is 5.91 Å². The normalized spacial score (nSPS) is 29.6. The number of rotatable bonds is 2. The van der Waals surface area contributed by atoms with Gasteiger partial charge in [-0.25, -0.2) is 4.79 Å². The topological polar surface area (TPSA) is 57.6 Å². The second-order valence-electron chi connectivity index (χ2n) is 6.57. The van der Waals surface area contributed by atoms with Crippen LogP contribution in [-0.4, -0.2) is 34.0 Å². The molecule has 2 aliphatic rings. The Morgan fingerprint density at radius 3 is 2.10 bits per heavy atom. The zero-order valence-corrected chi connectivity index (χ0v) is 12.6. The van der Waals surface area contributed by atoms with Gasteiger partial charge >= 0.3 is 5.97 Å². The highest BCUT2D eigenvalue weighted by molar-refractivity contribution is 5.88.